The van der Waals surface area contributed by atoms with Gasteiger partial charge < -0.3 is 0 Å². The van der Waals surface area contributed by atoms with E-state index in [9.17, 15) is 0 Å². The Morgan fingerprint density at radius 2 is 0.629 bits per heavy atom. The van der Waals surface area contributed by atoms with Crippen LogP contribution in [0.3, 0.4) is 0 Å². The second-order valence-electron chi connectivity index (χ2n) is 9.74. The highest BCUT2D eigenvalue weighted by Gasteiger charge is 2.23. The van der Waals surface area contributed by atoms with Crippen molar-refractivity contribution < 1.29 is 0 Å². The summed E-state index contributed by atoms with van der Waals surface area (Å²) < 4.78 is 0. The Kier molecular flexibility index (Phi) is 3.18. The molecule has 1 heteroatoms. The third-order valence-electron chi connectivity index (χ3n) is 8.16. The summed E-state index contributed by atoms with van der Waals surface area (Å²) >= 11 is 6.66. The first-order chi connectivity index (χ1) is 17.3. The van der Waals surface area contributed by atoms with Crippen LogP contribution in [0.4, 0.5) is 0 Å². The van der Waals surface area contributed by atoms with Crippen LogP contribution in [0.1, 0.15) is 0 Å². The predicted molar refractivity (Wildman–Crippen MR) is 154 cm³/mol. The van der Waals surface area contributed by atoms with Gasteiger partial charge in [0, 0.05) is 5.02 Å². The number of fused-ring (bicyclic) bond motifs is 10. The minimum atomic E-state index is 0.776. The Morgan fingerprint density at radius 3 is 1.11 bits per heavy atom. The van der Waals surface area contributed by atoms with E-state index in [1.54, 1.807) is 0 Å². The summed E-state index contributed by atoms with van der Waals surface area (Å²) in [6, 6.07) is 37.8. The van der Waals surface area contributed by atoms with Crippen LogP contribution in [0.2, 0.25) is 5.02 Å². The van der Waals surface area contributed by atoms with Crippen molar-refractivity contribution >= 4 is 97.8 Å². The molecule has 160 valence electrons. The van der Waals surface area contributed by atoms with Crippen molar-refractivity contribution in [3.63, 3.8) is 0 Å². The fourth-order valence-corrected chi connectivity index (χ4v) is 7.11. The van der Waals surface area contributed by atoms with Crippen LogP contribution in [-0.2, 0) is 0 Å². The van der Waals surface area contributed by atoms with Gasteiger partial charge in [-0.2, -0.15) is 0 Å². The smallest absolute Gasteiger partial charge is 0.0412 e. The Labute approximate surface area is 205 Å². The van der Waals surface area contributed by atoms with Gasteiger partial charge in [0.15, 0.2) is 0 Å². The molecular formula is C34H17Cl. The SMILES string of the molecule is Clc1ccc2c(c1)c1c3ccccc3c3cccc4c5cccc6c7ccccc7c2c(c65)c1c34. The van der Waals surface area contributed by atoms with Crippen LogP contribution in [0.15, 0.2) is 103 Å². The standard InChI is InChI=1S/C34H17Cl/c35-18-15-16-27-28(17-18)32-22-10-4-2-8-20(22)24-12-6-14-26-25-13-5-11-23-19-7-1-3-9-21(19)31(27)33(29(23)25)34(32)30(24)26/h1-17H. The molecular weight excluding hydrogens is 444 g/mol. The third-order valence-corrected chi connectivity index (χ3v) is 8.40. The van der Waals surface area contributed by atoms with Crippen molar-refractivity contribution in [2.75, 3.05) is 0 Å². The summed E-state index contributed by atoms with van der Waals surface area (Å²) in [7, 11) is 0. The van der Waals surface area contributed by atoms with E-state index in [-0.39, 0.29) is 0 Å². The second-order valence-corrected chi connectivity index (χ2v) is 10.2. The van der Waals surface area contributed by atoms with E-state index in [1.165, 1.54) is 86.2 Å². The van der Waals surface area contributed by atoms with Gasteiger partial charge >= 0.3 is 0 Å². The van der Waals surface area contributed by atoms with E-state index >= 15 is 0 Å². The van der Waals surface area contributed by atoms with Gasteiger partial charge in [0.25, 0.3) is 0 Å². The van der Waals surface area contributed by atoms with E-state index < -0.39 is 0 Å². The molecule has 0 fully saturated rings. The number of hydrogen-bond donors (Lipinski definition) is 0. The minimum Gasteiger partial charge on any atom is -0.0843 e. The highest BCUT2D eigenvalue weighted by molar-refractivity contribution is 6.52. The molecule has 0 N–H and O–H groups in total. The van der Waals surface area contributed by atoms with Crippen LogP contribution in [-0.4, -0.2) is 0 Å². The van der Waals surface area contributed by atoms with Crippen LogP contribution < -0.4 is 0 Å². The first-order valence-corrected chi connectivity index (χ1v) is 12.4. The van der Waals surface area contributed by atoms with Crippen LogP contribution in [0.5, 0.6) is 0 Å². The van der Waals surface area contributed by atoms with E-state index in [2.05, 4.69) is 97.1 Å². The molecule has 0 nitrogen and oxygen atoms in total. The molecule has 0 saturated heterocycles. The van der Waals surface area contributed by atoms with Crippen molar-refractivity contribution in [1.82, 2.24) is 0 Å². The van der Waals surface area contributed by atoms with Crippen LogP contribution in [0.25, 0.3) is 86.2 Å². The Balaban J connectivity index is 1.86. The lowest BCUT2D eigenvalue weighted by molar-refractivity contribution is 1.79. The molecule has 0 aliphatic heterocycles. The van der Waals surface area contributed by atoms with Gasteiger partial charge in [-0.25, -0.2) is 0 Å². The molecule has 0 aromatic heterocycles. The number of hydrogen-bond acceptors (Lipinski definition) is 0. The number of rotatable bonds is 0. The van der Waals surface area contributed by atoms with Crippen molar-refractivity contribution in [2.24, 2.45) is 0 Å². The van der Waals surface area contributed by atoms with E-state index in [0.29, 0.717) is 0 Å². The highest BCUT2D eigenvalue weighted by atomic mass is 35.5. The summed E-state index contributed by atoms with van der Waals surface area (Å²) in [5.41, 5.74) is 0. The van der Waals surface area contributed by atoms with Gasteiger partial charge in [-0.15, -0.1) is 0 Å². The lowest BCUT2D eigenvalue weighted by atomic mass is 9.79. The lowest BCUT2D eigenvalue weighted by Gasteiger charge is -2.23. The van der Waals surface area contributed by atoms with Crippen molar-refractivity contribution in [1.29, 1.82) is 0 Å². The maximum atomic E-state index is 6.66. The molecule has 0 amide bonds. The van der Waals surface area contributed by atoms with Gasteiger partial charge in [0.1, 0.15) is 0 Å². The maximum absolute atomic E-state index is 6.66. The molecule has 9 aromatic carbocycles. The minimum absolute atomic E-state index is 0.776. The normalized spacial score (nSPS) is 12.7. The molecule has 9 aromatic rings. The molecule has 0 atom stereocenters. The molecule has 0 unspecified atom stereocenters. The average Bonchev–Trinajstić information content (AvgIpc) is 2.91. The molecule has 0 radical (unpaired) electrons. The molecule has 0 spiro atoms. The van der Waals surface area contributed by atoms with E-state index in [0.717, 1.165) is 5.02 Å². The van der Waals surface area contributed by atoms with Crippen molar-refractivity contribution in [2.45, 2.75) is 0 Å². The molecule has 0 heterocycles. The lowest BCUT2D eigenvalue weighted by Crippen LogP contribution is -1.94. The Hall–Kier alpha value is -4.13. The quantitative estimate of drug-likeness (QED) is 0.156. The summed E-state index contributed by atoms with van der Waals surface area (Å²) in [4.78, 5) is 0. The third kappa shape index (κ3) is 2.03. The van der Waals surface area contributed by atoms with E-state index in [1.807, 2.05) is 6.07 Å². The first kappa shape index (κ1) is 18.2. The Bertz CT molecular complexity index is 2320. The molecule has 35 heavy (non-hydrogen) atoms. The predicted octanol–water partition coefficient (Wildman–Crippen LogP) is 10.4. The van der Waals surface area contributed by atoms with Crippen LogP contribution >= 0.6 is 11.6 Å². The topological polar surface area (TPSA) is 0 Å². The number of benzene rings is 9. The van der Waals surface area contributed by atoms with Crippen molar-refractivity contribution in [3.8, 4) is 0 Å². The van der Waals surface area contributed by atoms with Gasteiger partial charge in [-0.1, -0.05) is 103 Å². The fourth-order valence-electron chi connectivity index (χ4n) is 6.93. The average molecular weight is 461 g/mol. The van der Waals surface area contributed by atoms with Crippen molar-refractivity contribution in [3.05, 3.63) is 108 Å². The molecule has 0 saturated carbocycles. The summed E-state index contributed by atoms with van der Waals surface area (Å²) in [6.45, 7) is 0. The second kappa shape index (κ2) is 6.10. The van der Waals surface area contributed by atoms with Gasteiger partial charge in [0.2, 0.25) is 0 Å². The zero-order valence-electron chi connectivity index (χ0n) is 18.7. The monoisotopic (exact) mass is 460 g/mol. The molecule has 0 aliphatic rings. The Morgan fingerprint density at radius 1 is 0.286 bits per heavy atom. The number of halogens is 1. The van der Waals surface area contributed by atoms with Crippen LogP contribution in [0, 0.1) is 0 Å². The maximum Gasteiger partial charge on any atom is 0.0412 e. The van der Waals surface area contributed by atoms with Gasteiger partial charge in [-0.05, 0) is 98.3 Å². The van der Waals surface area contributed by atoms with Gasteiger partial charge in [-0.3, -0.25) is 0 Å². The zero-order valence-corrected chi connectivity index (χ0v) is 19.4. The van der Waals surface area contributed by atoms with E-state index in [4.69, 9.17) is 11.6 Å². The molecule has 0 bridgehead atoms. The largest absolute Gasteiger partial charge is 0.0843 e. The fraction of sp³-hybridized carbons (Fsp3) is 0. The highest BCUT2D eigenvalue weighted by Crippen LogP contribution is 2.52. The zero-order chi connectivity index (χ0) is 22.8. The first-order valence-electron chi connectivity index (χ1n) is 12.1. The summed E-state index contributed by atoms with van der Waals surface area (Å²) in [5, 5.41) is 22.0. The molecule has 9 rings (SSSR count). The molecule has 0 aliphatic carbocycles. The van der Waals surface area contributed by atoms with Gasteiger partial charge in [0.05, 0.1) is 0 Å². The summed E-state index contributed by atoms with van der Waals surface area (Å²) in [6.07, 6.45) is 0. The summed E-state index contributed by atoms with van der Waals surface area (Å²) in [5.74, 6) is 0.